The zero-order valence-corrected chi connectivity index (χ0v) is 19.0. The van der Waals surface area contributed by atoms with Gasteiger partial charge in [-0.25, -0.2) is 8.42 Å². The van der Waals surface area contributed by atoms with E-state index in [2.05, 4.69) is 5.32 Å². The fraction of sp³-hybridized carbons (Fsp3) is 0.350. The fourth-order valence-corrected chi connectivity index (χ4v) is 4.74. The lowest BCUT2D eigenvalue weighted by Gasteiger charge is -2.31. The molecular formula is C20H24Cl2N2O4S. The van der Waals surface area contributed by atoms with Crippen LogP contribution in [-0.4, -0.2) is 33.7 Å². The normalized spacial score (nSPS) is 13.4. The number of nitrogens with one attached hydrogen (secondary N) is 1. The summed E-state index contributed by atoms with van der Waals surface area (Å²) in [5.74, 6) is 0.179. The number of sulfonamides is 1. The van der Waals surface area contributed by atoms with Crippen molar-refractivity contribution in [3.63, 3.8) is 0 Å². The molecule has 0 spiro atoms. The van der Waals surface area contributed by atoms with Crippen LogP contribution in [0.2, 0.25) is 10.0 Å². The lowest BCUT2D eigenvalue weighted by atomic mass is 10.1. The Hall–Kier alpha value is -1.96. The maximum atomic E-state index is 13.1. The number of methoxy groups -OCH3 is 1. The zero-order chi connectivity index (χ0) is 21.8. The van der Waals surface area contributed by atoms with Crippen LogP contribution < -0.4 is 14.4 Å². The first-order valence-corrected chi connectivity index (χ1v) is 11.6. The van der Waals surface area contributed by atoms with E-state index in [9.17, 15) is 13.2 Å². The van der Waals surface area contributed by atoms with E-state index < -0.39 is 28.0 Å². The van der Waals surface area contributed by atoms with Gasteiger partial charge in [0.05, 0.1) is 30.1 Å². The van der Waals surface area contributed by atoms with Gasteiger partial charge in [-0.2, -0.15) is 0 Å². The molecule has 1 N–H and O–H groups in total. The molecule has 0 aliphatic carbocycles. The highest BCUT2D eigenvalue weighted by Gasteiger charge is 2.33. The van der Waals surface area contributed by atoms with E-state index in [1.54, 1.807) is 33.1 Å². The third kappa shape index (κ3) is 5.56. The van der Waals surface area contributed by atoms with Crippen molar-refractivity contribution in [3.8, 4) is 5.75 Å². The summed E-state index contributed by atoms with van der Waals surface area (Å²) in [6.07, 6.45) is 1.27. The predicted molar refractivity (Wildman–Crippen MR) is 117 cm³/mol. The minimum atomic E-state index is -3.82. The highest BCUT2D eigenvalue weighted by Crippen LogP contribution is 2.33. The number of hydrogen-bond acceptors (Lipinski definition) is 4. The molecule has 0 aliphatic heterocycles. The number of nitrogens with zero attached hydrogens (tertiary/aromatic N) is 1. The Bertz CT molecular complexity index is 982. The van der Waals surface area contributed by atoms with Crippen molar-refractivity contribution in [1.82, 2.24) is 5.32 Å². The number of hydrogen-bond donors (Lipinski definition) is 1. The van der Waals surface area contributed by atoms with Crippen LogP contribution >= 0.6 is 23.2 Å². The Morgan fingerprint density at radius 1 is 1.21 bits per heavy atom. The van der Waals surface area contributed by atoms with Crippen LogP contribution in [0, 0.1) is 0 Å². The molecule has 0 saturated carbocycles. The number of para-hydroxylation sites is 1. The second kappa shape index (κ2) is 9.69. The van der Waals surface area contributed by atoms with E-state index >= 15 is 0 Å². The van der Waals surface area contributed by atoms with Crippen molar-refractivity contribution in [3.05, 3.63) is 58.1 Å². The van der Waals surface area contributed by atoms with Gasteiger partial charge in [-0.1, -0.05) is 48.3 Å². The van der Waals surface area contributed by atoms with E-state index in [0.717, 1.165) is 16.1 Å². The van der Waals surface area contributed by atoms with Gasteiger partial charge in [-0.05, 0) is 37.6 Å². The molecule has 1 amide bonds. The average molecular weight is 459 g/mol. The van der Waals surface area contributed by atoms with Crippen molar-refractivity contribution in [2.24, 2.45) is 0 Å². The second-order valence-electron chi connectivity index (χ2n) is 6.55. The van der Waals surface area contributed by atoms with Crippen molar-refractivity contribution in [2.45, 2.75) is 32.4 Å². The Labute approximate surface area is 181 Å². The number of anilines is 1. The van der Waals surface area contributed by atoms with Gasteiger partial charge in [0.25, 0.3) is 0 Å². The summed E-state index contributed by atoms with van der Waals surface area (Å²) >= 11 is 12.3. The first-order chi connectivity index (χ1) is 13.6. The summed E-state index contributed by atoms with van der Waals surface area (Å²) in [4.78, 5) is 13.1. The molecule has 0 radical (unpaired) electrons. The van der Waals surface area contributed by atoms with Crippen LogP contribution in [0.15, 0.2) is 42.5 Å². The maximum absolute atomic E-state index is 13.1. The van der Waals surface area contributed by atoms with Gasteiger partial charge in [0, 0.05) is 10.6 Å². The van der Waals surface area contributed by atoms with Gasteiger partial charge in [-0.15, -0.1) is 0 Å². The minimum absolute atomic E-state index is 0.161. The molecule has 0 saturated heterocycles. The molecule has 2 aromatic carbocycles. The summed E-state index contributed by atoms with van der Waals surface area (Å²) in [6.45, 7) is 3.54. The predicted octanol–water partition coefficient (Wildman–Crippen LogP) is 4.42. The lowest BCUT2D eigenvalue weighted by Crippen LogP contribution is -2.49. The minimum Gasteiger partial charge on any atom is -0.496 e. The zero-order valence-electron chi connectivity index (χ0n) is 16.6. The van der Waals surface area contributed by atoms with Crippen molar-refractivity contribution < 1.29 is 17.9 Å². The van der Waals surface area contributed by atoms with E-state index in [1.165, 1.54) is 12.1 Å². The summed E-state index contributed by atoms with van der Waals surface area (Å²) < 4.78 is 31.5. The summed E-state index contributed by atoms with van der Waals surface area (Å²) in [7, 11) is -2.27. The molecule has 2 rings (SSSR count). The first-order valence-electron chi connectivity index (χ1n) is 8.97. The third-order valence-electron chi connectivity index (χ3n) is 4.44. The van der Waals surface area contributed by atoms with E-state index in [0.29, 0.717) is 10.8 Å². The van der Waals surface area contributed by atoms with E-state index in [4.69, 9.17) is 27.9 Å². The van der Waals surface area contributed by atoms with Crippen LogP contribution in [0.25, 0.3) is 0 Å². The molecule has 0 fully saturated rings. The molecule has 0 unspecified atom stereocenters. The molecule has 0 heterocycles. The highest BCUT2D eigenvalue weighted by atomic mass is 35.5. The average Bonchev–Trinajstić information content (AvgIpc) is 2.66. The van der Waals surface area contributed by atoms with Crippen molar-refractivity contribution in [2.75, 3.05) is 17.7 Å². The number of carbonyl (C=O) groups is 1. The van der Waals surface area contributed by atoms with Crippen molar-refractivity contribution >= 4 is 44.8 Å². The summed E-state index contributed by atoms with van der Waals surface area (Å²) in [5.41, 5.74) is 0.943. The third-order valence-corrected chi connectivity index (χ3v) is 6.16. The first kappa shape index (κ1) is 23.3. The molecular weight excluding hydrogens is 435 g/mol. The smallest absolute Gasteiger partial charge is 0.244 e. The molecule has 2 atom stereocenters. The number of ether oxygens (including phenoxy) is 1. The van der Waals surface area contributed by atoms with Crippen LogP contribution in [0.4, 0.5) is 5.69 Å². The summed E-state index contributed by atoms with van der Waals surface area (Å²) in [6, 6.07) is 10.4. The van der Waals surface area contributed by atoms with Gasteiger partial charge < -0.3 is 10.1 Å². The molecule has 0 bridgehead atoms. The number of benzene rings is 2. The number of halogens is 2. The highest BCUT2D eigenvalue weighted by molar-refractivity contribution is 7.92. The second-order valence-corrected chi connectivity index (χ2v) is 9.25. The Balaban J connectivity index is 2.40. The quantitative estimate of drug-likeness (QED) is 0.634. The number of amides is 1. The molecule has 158 valence electrons. The number of rotatable bonds is 8. The van der Waals surface area contributed by atoms with Crippen molar-refractivity contribution in [1.29, 1.82) is 0 Å². The van der Waals surface area contributed by atoms with Crippen LogP contribution in [0.1, 0.15) is 31.9 Å². The Morgan fingerprint density at radius 3 is 2.45 bits per heavy atom. The Kier molecular flexibility index (Phi) is 7.80. The monoisotopic (exact) mass is 458 g/mol. The maximum Gasteiger partial charge on any atom is 0.244 e. The van der Waals surface area contributed by atoms with Gasteiger partial charge in [0.1, 0.15) is 11.8 Å². The SMILES string of the molecule is CC[C@@H](C(=O)N[C@H](C)c1ccccc1OC)N(c1cc(Cl)ccc1Cl)S(C)(=O)=O. The van der Waals surface area contributed by atoms with Gasteiger partial charge in [-0.3, -0.25) is 9.10 Å². The molecule has 29 heavy (non-hydrogen) atoms. The molecule has 6 nitrogen and oxygen atoms in total. The molecule has 0 aliphatic rings. The van der Waals surface area contributed by atoms with Gasteiger partial charge in [0.15, 0.2) is 0 Å². The molecule has 0 aromatic heterocycles. The van der Waals surface area contributed by atoms with E-state index in [1.807, 2.05) is 18.2 Å². The molecule has 9 heteroatoms. The largest absolute Gasteiger partial charge is 0.496 e. The van der Waals surface area contributed by atoms with Gasteiger partial charge >= 0.3 is 0 Å². The standard InChI is InChI=1S/C20H24Cl2N2O4S/c1-5-17(20(25)23-13(2)15-8-6-7-9-19(15)28-3)24(29(4,26)27)18-12-14(21)10-11-16(18)22/h6-13,17H,5H2,1-4H3,(H,23,25)/t13-,17+/m1/s1. The topological polar surface area (TPSA) is 75.7 Å². The van der Waals surface area contributed by atoms with Gasteiger partial charge in [0.2, 0.25) is 15.9 Å². The lowest BCUT2D eigenvalue weighted by molar-refractivity contribution is -0.122. The molecule has 2 aromatic rings. The Morgan fingerprint density at radius 2 is 1.86 bits per heavy atom. The number of carbonyl (C=O) groups excluding carboxylic acids is 1. The van der Waals surface area contributed by atoms with Crippen LogP contribution in [-0.2, 0) is 14.8 Å². The summed E-state index contributed by atoms with van der Waals surface area (Å²) in [5, 5.41) is 3.38. The fourth-order valence-electron chi connectivity index (χ4n) is 3.10. The van der Waals surface area contributed by atoms with Crippen LogP contribution in [0.3, 0.4) is 0 Å². The van der Waals surface area contributed by atoms with Crippen LogP contribution in [0.5, 0.6) is 5.75 Å². The van der Waals surface area contributed by atoms with E-state index in [-0.39, 0.29) is 17.1 Å².